The van der Waals surface area contributed by atoms with Crippen LogP contribution in [0.15, 0.2) is 36.7 Å². The standard InChI is InChI=1S/C32H48N2/c1-2-3-8-11-27-16-18-29(19-17-27)30-20-22-31(23-21-30)32-33-24-28(25-34-32)13-10-7-5-4-6-9-12-26-14-15-26/h20-27,29H,2-19H2,1H3. The molecule has 2 aromatic rings. The Kier molecular flexibility index (Phi) is 10.5. The van der Waals surface area contributed by atoms with Gasteiger partial charge in [0.15, 0.2) is 5.82 Å². The van der Waals surface area contributed by atoms with E-state index in [1.165, 1.54) is 120 Å². The molecule has 0 unspecified atom stereocenters. The topological polar surface area (TPSA) is 25.8 Å². The third kappa shape index (κ3) is 8.51. The van der Waals surface area contributed by atoms with Gasteiger partial charge in [0.05, 0.1) is 0 Å². The molecular weight excluding hydrogens is 412 g/mol. The Hall–Kier alpha value is -1.70. The van der Waals surface area contributed by atoms with Crippen LogP contribution >= 0.6 is 0 Å². The minimum absolute atomic E-state index is 0.748. The second kappa shape index (κ2) is 14.0. The quantitative estimate of drug-likeness (QED) is 0.247. The lowest BCUT2D eigenvalue weighted by Crippen LogP contribution is -2.13. The van der Waals surface area contributed by atoms with Crippen molar-refractivity contribution in [3.05, 3.63) is 47.8 Å². The highest BCUT2D eigenvalue weighted by molar-refractivity contribution is 5.55. The third-order valence-corrected chi connectivity index (χ3v) is 8.43. The highest BCUT2D eigenvalue weighted by Gasteiger charge is 2.22. The summed E-state index contributed by atoms with van der Waals surface area (Å²) >= 11 is 0. The van der Waals surface area contributed by atoms with Crippen molar-refractivity contribution in [2.24, 2.45) is 11.8 Å². The zero-order chi connectivity index (χ0) is 23.4. The largest absolute Gasteiger partial charge is 0.236 e. The molecule has 0 atom stereocenters. The van der Waals surface area contributed by atoms with Crippen LogP contribution in [0.5, 0.6) is 0 Å². The fourth-order valence-corrected chi connectivity index (χ4v) is 5.88. The molecule has 0 N–H and O–H groups in total. The predicted octanol–water partition coefficient (Wildman–Crippen LogP) is 9.68. The summed E-state index contributed by atoms with van der Waals surface area (Å²) in [7, 11) is 0. The molecule has 1 aromatic carbocycles. The maximum atomic E-state index is 4.69. The molecule has 0 spiro atoms. The number of benzene rings is 1. The molecule has 34 heavy (non-hydrogen) atoms. The van der Waals surface area contributed by atoms with E-state index in [0.29, 0.717) is 0 Å². The maximum Gasteiger partial charge on any atom is 0.159 e. The van der Waals surface area contributed by atoms with Crippen LogP contribution in [-0.4, -0.2) is 9.97 Å². The van der Waals surface area contributed by atoms with E-state index in [1.807, 2.05) is 12.4 Å². The van der Waals surface area contributed by atoms with Crippen LogP contribution in [0.1, 0.15) is 133 Å². The lowest BCUT2D eigenvalue weighted by Gasteiger charge is -2.29. The summed E-state index contributed by atoms with van der Waals surface area (Å²) in [4.78, 5) is 9.37. The Morgan fingerprint density at radius 2 is 1.21 bits per heavy atom. The van der Waals surface area contributed by atoms with Crippen LogP contribution in [0.25, 0.3) is 11.4 Å². The lowest BCUT2D eigenvalue weighted by atomic mass is 9.77. The van der Waals surface area contributed by atoms with E-state index < -0.39 is 0 Å². The van der Waals surface area contributed by atoms with Gasteiger partial charge in [-0.1, -0.05) is 108 Å². The molecule has 4 rings (SSSR count). The van der Waals surface area contributed by atoms with Gasteiger partial charge in [0.25, 0.3) is 0 Å². The van der Waals surface area contributed by atoms with Gasteiger partial charge in [0.2, 0.25) is 0 Å². The fraction of sp³-hybridized carbons (Fsp3) is 0.688. The van der Waals surface area contributed by atoms with Crippen LogP contribution in [0.2, 0.25) is 0 Å². The van der Waals surface area contributed by atoms with Gasteiger partial charge >= 0.3 is 0 Å². The Morgan fingerprint density at radius 3 is 1.82 bits per heavy atom. The van der Waals surface area contributed by atoms with Gasteiger partial charge in [0, 0.05) is 18.0 Å². The molecule has 2 aliphatic carbocycles. The van der Waals surface area contributed by atoms with E-state index in [2.05, 4.69) is 41.2 Å². The number of nitrogens with zero attached hydrogens (tertiary/aromatic N) is 2. The summed E-state index contributed by atoms with van der Waals surface area (Å²) in [6.45, 7) is 2.31. The minimum atomic E-state index is 0.748. The van der Waals surface area contributed by atoms with Crippen LogP contribution in [0.4, 0.5) is 0 Å². The number of aromatic nitrogens is 2. The monoisotopic (exact) mass is 460 g/mol. The lowest BCUT2D eigenvalue weighted by molar-refractivity contribution is 0.303. The number of hydrogen-bond acceptors (Lipinski definition) is 2. The average Bonchev–Trinajstić information content (AvgIpc) is 3.71. The predicted molar refractivity (Wildman–Crippen MR) is 145 cm³/mol. The van der Waals surface area contributed by atoms with Crippen molar-refractivity contribution in [2.75, 3.05) is 0 Å². The van der Waals surface area contributed by atoms with Crippen molar-refractivity contribution in [3.8, 4) is 11.4 Å². The summed E-state index contributed by atoms with van der Waals surface area (Å²) in [6.07, 6.45) is 29.2. The highest BCUT2D eigenvalue weighted by Crippen LogP contribution is 2.38. The Bertz CT molecular complexity index is 798. The van der Waals surface area contributed by atoms with E-state index in [-0.39, 0.29) is 0 Å². The second-order valence-electron chi connectivity index (χ2n) is 11.4. The van der Waals surface area contributed by atoms with E-state index in [1.54, 1.807) is 0 Å². The van der Waals surface area contributed by atoms with E-state index in [9.17, 15) is 0 Å². The minimum Gasteiger partial charge on any atom is -0.236 e. The first-order valence-electron chi connectivity index (χ1n) is 14.7. The third-order valence-electron chi connectivity index (χ3n) is 8.43. The zero-order valence-electron chi connectivity index (χ0n) is 21.8. The summed E-state index contributed by atoms with van der Waals surface area (Å²) < 4.78 is 0. The molecule has 1 heterocycles. The Morgan fingerprint density at radius 1 is 0.647 bits per heavy atom. The molecule has 2 aliphatic rings. The first kappa shape index (κ1) is 25.4. The number of unbranched alkanes of at least 4 members (excludes halogenated alkanes) is 7. The number of hydrogen-bond donors (Lipinski definition) is 0. The first-order chi connectivity index (χ1) is 16.8. The molecular formula is C32H48N2. The summed E-state index contributed by atoms with van der Waals surface area (Å²) in [5, 5.41) is 0. The number of aryl methyl sites for hydroxylation is 1. The molecule has 0 bridgehead atoms. The molecule has 2 nitrogen and oxygen atoms in total. The summed E-state index contributed by atoms with van der Waals surface area (Å²) in [5.41, 5.74) is 3.94. The van der Waals surface area contributed by atoms with Crippen molar-refractivity contribution in [3.63, 3.8) is 0 Å². The van der Waals surface area contributed by atoms with Crippen molar-refractivity contribution < 1.29 is 0 Å². The SMILES string of the molecule is CCCCCC1CCC(c2ccc(-c3ncc(CCCCCCCCC4CC4)cn3)cc2)CC1. The van der Waals surface area contributed by atoms with Gasteiger partial charge in [-0.15, -0.1) is 0 Å². The summed E-state index contributed by atoms with van der Waals surface area (Å²) in [5.74, 6) is 3.69. The van der Waals surface area contributed by atoms with E-state index in [4.69, 9.17) is 0 Å². The van der Waals surface area contributed by atoms with Crippen LogP contribution in [0, 0.1) is 11.8 Å². The van der Waals surface area contributed by atoms with Gasteiger partial charge < -0.3 is 0 Å². The van der Waals surface area contributed by atoms with Crippen molar-refractivity contribution in [1.29, 1.82) is 0 Å². The molecule has 1 aromatic heterocycles. The molecule has 2 heteroatoms. The van der Waals surface area contributed by atoms with Crippen LogP contribution in [0.3, 0.4) is 0 Å². The van der Waals surface area contributed by atoms with Gasteiger partial charge in [0.1, 0.15) is 0 Å². The van der Waals surface area contributed by atoms with Crippen molar-refractivity contribution in [2.45, 2.75) is 128 Å². The normalized spacial score (nSPS) is 20.5. The fourth-order valence-electron chi connectivity index (χ4n) is 5.88. The Balaban J connectivity index is 1.14. The smallest absolute Gasteiger partial charge is 0.159 e. The highest BCUT2D eigenvalue weighted by atomic mass is 14.9. The molecule has 2 saturated carbocycles. The maximum absolute atomic E-state index is 4.69. The molecule has 0 radical (unpaired) electrons. The van der Waals surface area contributed by atoms with Gasteiger partial charge in [-0.25, -0.2) is 9.97 Å². The van der Waals surface area contributed by atoms with E-state index in [0.717, 1.165) is 35.6 Å². The van der Waals surface area contributed by atoms with Crippen LogP contribution < -0.4 is 0 Å². The molecule has 0 saturated heterocycles. The second-order valence-corrected chi connectivity index (χ2v) is 11.4. The molecule has 0 aliphatic heterocycles. The van der Waals surface area contributed by atoms with Gasteiger partial charge in [-0.05, 0) is 67.4 Å². The van der Waals surface area contributed by atoms with Crippen LogP contribution in [-0.2, 0) is 6.42 Å². The molecule has 186 valence electrons. The zero-order valence-corrected chi connectivity index (χ0v) is 21.8. The Labute approximate surface area is 209 Å². The van der Waals surface area contributed by atoms with Crippen molar-refractivity contribution in [1.82, 2.24) is 9.97 Å². The number of rotatable bonds is 15. The van der Waals surface area contributed by atoms with Gasteiger partial charge in [-0.2, -0.15) is 0 Å². The molecule has 2 fully saturated rings. The first-order valence-corrected chi connectivity index (χ1v) is 14.7. The average molecular weight is 461 g/mol. The van der Waals surface area contributed by atoms with E-state index >= 15 is 0 Å². The van der Waals surface area contributed by atoms with Gasteiger partial charge in [-0.3, -0.25) is 0 Å². The molecule has 0 amide bonds. The summed E-state index contributed by atoms with van der Waals surface area (Å²) in [6, 6.07) is 9.14. The van der Waals surface area contributed by atoms with Crippen molar-refractivity contribution >= 4 is 0 Å².